The minimum atomic E-state index is 0.0262. The van der Waals surface area contributed by atoms with E-state index in [4.69, 9.17) is 4.74 Å². The first-order valence-corrected chi connectivity index (χ1v) is 8.59. The highest BCUT2D eigenvalue weighted by atomic mass is 32.1. The molecule has 3 N–H and O–H groups in total. The molecule has 1 saturated heterocycles. The van der Waals surface area contributed by atoms with Crippen LogP contribution in [0.5, 0.6) is 0 Å². The summed E-state index contributed by atoms with van der Waals surface area (Å²) in [7, 11) is 1.77. The second-order valence-corrected chi connectivity index (χ2v) is 6.80. The molecule has 0 radical (unpaired) electrons. The third-order valence-corrected chi connectivity index (χ3v) is 4.84. The number of nitrogens with one attached hydrogen (secondary N) is 2. The van der Waals surface area contributed by atoms with E-state index in [1.165, 1.54) is 0 Å². The van der Waals surface area contributed by atoms with Gasteiger partial charge in [0.2, 0.25) is 0 Å². The summed E-state index contributed by atoms with van der Waals surface area (Å²) in [4.78, 5) is 8.70. The standard InChI is InChI=1S/C15H26N4O2S/c1-12-19-13(9-22-12)3-6-17-14(16-2)18-10-15(4-7-20)5-8-21-11-15/h9,20H,3-8,10-11H2,1-2H3,(H2,16,17,18). The molecule has 0 aliphatic carbocycles. The first kappa shape index (κ1) is 17.2. The minimum Gasteiger partial charge on any atom is -0.396 e. The Morgan fingerprint density at radius 1 is 1.55 bits per heavy atom. The SMILES string of the molecule is CN=C(NCCc1csc(C)n1)NCC1(CCO)CCOC1. The Labute approximate surface area is 136 Å². The van der Waals surface area contributed by atoms with E-state index < -0.39 is 0 Å². The van der Waals surface area contributed by atoms with E-state index in [-0.39, 0.29) is 12.0 Å². The van der Waals surface area contributed by atoms with Gasteiger partial charge >= 0.3 is 0 Å². The van der Waals surface area contributed by atoms with Gasteiger partial charge in [-0.05, 0) is 19.8 Å². The highest BCUT2D eigenvalue weighted by Gasteiger charge is 2.34. The smallest absolute Gasteiger partial charge is 0.191 e. The second kappa shape index (κ2) is 8.45. The van der Waals surface area contributed by atoms with Gasteiger partial charge in [-0.1, -0.05) is 0 Å². The van der Waals surface area contributed by atoms with Crippen molar-refractivity contribution in [3.63, 3.8) is 0 Å². The summed E-state index contributed by atoms with van der Waals surface area (Å²) in [5, 5.41) is 19.1. The van der Waals surface area contributed by atoms with Crippen molar-refractivity contribution < 1.29 is 9.84 Å². The van der Waals surface area contributed by atoms with Crippen LogP contribution >= 0.6 is 11.3 Å². The van der Waals surface area contributed by atoms with Gasteiger partial charge in [0.15, 0.2) is 5.96 Å². The normalized spacial score (nSPS) is 22.0. The largest absolute Gasteiger partial charge is 0.396 e. The lowest BCUT2D eigenvalue weighted by Gasteiger charge is -2.27. The van der Waals surface area contributed by atoms with Crippen LogP contribution in [0.25, 0.3) is 0 Å². The fourth-order valence-electron chi connectivity index (χ4n) is 2.64. The first-order chi connectivity index (χ1) is 10.7. The number of hydrogen-bond acceptors (Lipinski definition) is 5. The molecule has 0 bridgehead atoms. The van der Waals surface area contributed by atoms with E-state index in [0.717, 1.165) is 55.6 Å². The van der Waals surface area contributed by atoms with Gasteiger partial charge in [0.25, 0.3) is 0 Å². The van der Waals surface area contributed by atoms with E-state index in [1.54, 1.807) is 18.4 Å². The molecule has 1 aliphatic heterocycles. The summed E-state index contributed by atoms with van der Waals surface area (Å²) in [6, 6.07) is 0. The van der Waals surface area contributed by atoms with Crippen LogP contribution in [-0.2, 0) is 11.2 Å². The molecule has 6 nitrogen and oxygen atoms in total. The maximum absolute atomic E-state index is 9.25. The molecule has 1 aromatic rings. The molecule has 1 unspecified atom stereocenters. The monoisotopic (exact) mass is 326 g/mol. The van der Waals surface area contributed by atoms with Gasteiger partial charge in [0, 0.05) is 50.6 Å². The number of guanidine groups is 1. The molecule has 2 rings (SSSR count). The summed E-state index contributed by atoms with van der Waals surface area (Å²) < 4.78 is 5.50. The van der Waals surface area contributed by atoms with E-state index in [1.807, 2.05) is 6.92 Å². The first-order valence-electron chi connectivity index (χ1n) is 7.71. The molecule has 0 aromatic carbocycles. The zero-order valence-corrected chi connectivity index (χ0v) is 14.2. The number of nitrogens with zero attached hydrogens (tertiary/aromatic N) is 2. The molecule has 22 heavy (non-hydrogen) atoms. The van der Waals surface area contributed by atoms with Gasteiger partial charge in [-0.2, -0.15) is 0 Å². The molecule has 1 aromatic heterocycles. The maximum Gasteiger partial charge on any atom is 0.191 e. The Balaban J connectivity index is 1.74. The predicted molar refractivity (Wildman–Crippen MR) is 89.5 cm³/mol. The number of aliphatic hydroxyl groups excluding tert-OH is 1. The third kappa shape index (κ3) is 4.93. The number of rotatable bonds is 7. The second-order valence-electron chi connectivity index (χ2n) is 5.74. The van der Waals surface area contributed by atoms with Crippen LogP contribution in [0.3, 0.4) is 0 Å². The molecule has 7 heteroatoms. The maximum atomic E-state index is 9.25. The average Bonchev–Trinajstić information content (AvgIpc) is 3.13. The van der Waals surface area contributed by atoms with Crippen LogP contribution in [-0.4, -0.2) is 56.0 Å². The number of aliphatic imine (C=N–C) groups is 1. The molecule has 124 valence electrons. The van der Waals surface area contributed by atoms with Gasteiger partial charge in [0.05, 0.1) is 17.3 Å². The molecular formula is C15H26N4O2S. The van der Waals surface area contributed by atoms with E-state index in [0.29, 0.717) is 6.61 Å². The third-order valence-electron chi connectivity index (χ3n) is 4.02. The van der Waals surface area contributed by atoms with Crippen LogP contribution in [0.1, 0.15) is 23.5 Å². The summed E-state index contributed by atoms with van der Waals surface area (Å²) in [5.41, 5.74) is 1.14. The van der Waals surface area contributed by atoms with Crippen molar-refractivity contribution in [2.75, 3.05) is 40.0 Å². The number of aromatic nitrogens is 1. The number of ether oxygens (including phenoxy) is 1. The lowest BCUT2D eigenvalue weighted by atomic mass is 9.84. The van der Waals surface area contributed by atoms with E-state index in [9.17, 15) is 5.11 Å². The van der Waals surface area contributed by atoms with Crippen LogP contribution in [0.4, 0.5) is 0 Å². The molecule has 0 amide bonds. The Hall–Kier alpha value is -1.18. The number of aliphatic hydroxyl groups is 1. The summed E-state index contributed by atoms with van der Waals surface area (Å²) in [5.74, 6) is 0.788. The summed E-state index contributed by atoms with van der Waals surface area (Å²) >= 11 is 1.68. The highest BCUT2D eigenvalue weighted by Crippen LogP contribution is 2.31. The molecular weight excluding hydrogens is 300 g/mol. The average molecular weight is 326 g/mol. The van der Waals surface area contributed by atoms with Crippen LogP contribution in [0, 0.1) is 12.3 Å². The van der Waals surface area contributed by atoms with Gasteiger partial charge in [-0.3, -0.25) is 4.99 Å². The fourth-order valence-corrected chi connectivity index (χ4v) is 3.28. The zero-order valence-electron chi connectivity index (χ0n) is 13.4. The van der Waals surface area contributed by atoms with E-state index >= 15 is 0 Å². The zero-order chi connectivity index (χ0) is 15.8. The molecule has 0 spiro atoms. The van der Waals surface area contributed by atoms with Gasteiger partial charge in [-0.15, -0.1) is 11.3 Å². The quantitative estimate of drug-likeness (QED) is 0.513. The fraction of sp³-hybridized carbons (Fsp3) is 0.733. The van der Waals surface area contributed by atoms with Crippen LogP contribution < -0.4 is 10.6 Å². The molecule has 1 aliphatic rings. The van der Waals surface area contributed by atoms with Crippen molar-refractivity contribution in [3.8, 4) is 0 Å². The summed E-state index contributed by atoms with van der Waals surface area (Å²) in [6.45, 7) is 5.26. The number of thiazole rings is 1. The van der Waals surface area contributed by atoms with Crippen molar-refractivity contribution in [2.45, 2.75) is 26.2 Å². The number of aryl methyl sites for hydroxylation is 1. The molecule has 1 atom stereocenters. The molecule has 2 heterocycles. The van der Waals surface area contributed by atoms with Crippen molar-refractivity contribution in [1.29, 1.82) is 0 Å². The predicted octanol–water partition coefficient (Wildman–Crippen LogP) is 0.948. The molecule has 0 saturated carbocycles. The lowest BCUT2D eigenvalue weighted by Crippen LogP contribution is -2.45. The van der Waals surface area contributed by atoms with Gasteiger partial charge in [0.1, 0.15) is 0 Å². The summed E-state index contributed by atoms with van der Waals surface area (Å²) in [6.07, 6.45) is 2.63. The van der Waals surface area contributed by atoms with Crippen molar-refractivity contribution in [2.24, 2.45) is 10.4 Å². The van der Waals surface area contributed by atoms with Crippen LogP contribution in [0.2, 0.25) is 0 Å². The van der Waals surface area contributed by atoms with Crippen molar-refractivity contribution in [1.82, 2.24) is 15.6 Å². The Morgan fingerprint density at radius 3 is 3.00 bits per heavy atom. The lowest BCUT2D eigenvalue weighted by molar-refractivity contribution is 0.127. The molecule has 1 fully saturated rings. The minimum absolute atomic E-state index is 0.0262. The van der Waals surface area contributed by atoms with Crippen LogP contribution in [0.15, 0.2) is 10.4 Å². The Kier molecular flexibility index (Phi) is 6.60. The van der Waals surface area contributed by atoms with Gasteiger partial charge < -0.3 is 20.5 Å². The van der Waals surface area contributed by atoms with Crippen molar-refractivity contribution in [3.05, 3.63) is 16.1 Å². The Morgan fingerprint density at radius 2 is 2.41 bits per heavy atom. The topological polar surface area (TPSA) is 78.8 Å². The Bertz CT molecular complexity index is 484. The highest BCUT2D eigenvalue weighted by molar-refractivity contribution is 7.09. The van der Waals surface area contributed by atoms with E-state index in [2.05, 4.69) is 26.0 Å². The van der Waals surface area contributed by atoms with Gasteiger partial charge in [-0.25, -0.2) is 4.98 Å². The van der Waals surface area contributed by atoms with Crippen molar-refractivity contribution >= 4 is 17.3 Å². The number of hydrogen-bond donors (Lipinski definition) is 3.